The predicted octanol–water partition coefficient (Wildman–Crippen LogP) is 2.60. The van der Waals surface area contributed by atoms with Crippen LogP contribution in [-0.4, -0.2) is 18.2 Å². The molecule has 0 aliphatic heterocycles. The SMILES string of the molecule is CCCNC(Cn1ccc(=O)cc1)c1ccc(OC)cc1. The highest BCUT2D eigenvalue weighted by atomic mass is 16.5. The molecule has 2 aromatic rings. The Bertz CT molecular complexity index is 584. The maximum absolute atomic E-state index is 11.2. The zero-order valence-corrected chi connectivity index (χ0v) is 12.6. The zero-order chi connectivity index (χ0) is 15.1. The Morgan fingerprint density at radius 2 is 1.81 bits per heavy atom. The third kappa shape index (κ3) is 4.46. The molecule has 1 aromatic heterocycles. The van der Waals surface area contributed by atoms with Crippen LogP contribution >= 0.6 is 0 Å². The van der Waals surface area contributed by atoms with Crippen LogP contribution in [0.3, 0.4) is 0 Å². The summed E-state index contributed by atoms with van der Waals surface area (Å²) in [6, 6.07) is 11.5. The molecule has 4 heteroatoms. The molecule has 1 heterocycles. The van der Waals surface area contributed by atoms with Gasteiger partial charge in [0.05, 0.1) is 13.2 Å². The second kappa shape index (κ2) is 7.64. The Kier molecular flexibility index (Phi) is 5.58. The van der Waals surface area contributed by atoms with Crippen LogP contribution in [0, 0.1) is 0 Å². The van der Waals surface area contributed by atoms with Crippen molar-refractivity contribution in [2.75, 3.05) is 13.7 Å². The van der Waals surface area contributed by atoms with E-state index < -0.39 is 0 Å². The van der Waals surface area contributed by atoms with Gasteiger partial charge in [0.2, 0.25) is 0 Å². The third-order valence-corrected chi connectivity index (χ3v) is 3.41. The van der Waals surface area contributed by atoms with Gasteiger partial charge in [0.1, 0.15) is 5.75 Å². The molecule has 1 N–H and O–H groups in total. The Morgan fingerprint density at radius 3 is 2.38 bits per heavy atom. The van der Waals surface area contributed by atoms with E-state index >= 15 is 0 Å². The monoisotopic (exact) mass is 286 g/mol. The second-order valence-electron chi connectivity index (χ2n) is 5.01. The van der Waals surface area contributed by atoms with Crippen LogP contribution in [0.2, 0.25) is 0 Å². The Balaban J connectivity index is 2.16. The van der Waals surface area contributed by atoms with Gasteiger partial charge in [-0.15, -0.1) is 0 Å². The largest absolute Gasteiger partial charge is 0.497 e. The number of methoxy groups -OCH3 is 1. The fraction of sp³-hybridized carbons (Fsp3) is 0.353. The minimum atomic E-state index is 0.0359. The van der Waals surface area contributed by atoms with Gasteiger partial charge in [-0.1, -0.05) is 19.1 Å². The summed E-state index contributed by atoms with van der Waals surface area (Å²) in [5.41, 5.74) is 1.25. The van der Waals surface area contributed by atoms with Crippen molar-refractivity contribution in [3.63, 3.8) is 0 Å². The lowest BCUT2D eigenvalue weighted by Gasteiger charge is -2.20. The molecule has 0 saturated carbocycles. The highest BCUT2D eigenvalue weighted by Crippen LogP contribution is 2.19. The summed E-state index contributed by atoms with van der Waals surface area (Å²) in [6.45, 7) is 3.89. The predicted molar refractivity (Wildman–Crippen MR) is 84.7 cm³/mol. The first-order valence-electron chi connectivity index (χ1n) is 7.26. The highest BCUT2D eigenvalue weighted by Gasteiger charge is 2.11. The van der Waals surface area contributed by atoms with Crippen LogP contribution in [0.4, 0.5) is 0 Å². The number of rotatable bonds is 7. The molecule has 4 nitrogen and oxygen atoms in total. The third-order valence-electron chi connectivity index (χ3n) is 3.41. The quantitative estimate of drug-likeness (QED) is 0.851. The molecule has 0 fully saturated rings. The number of aromatic nitrogens is 1. The van der Waals surface area contributed by atoms with Crippen molar-refractivity contribution in [1.29, 1.82) is 0 Å². The summed E-state index contributed by atoms with van der Waals surface area (Å²) < 4.78 is 7.23. The van der Waals surface area contributed by atoms with Crippen LogP contribution in [0.25, 0.3) is 0 Å². The molecule has 0 radical (unpaired) electrons. The van der Waals surface area contributed by atoms with E-state index in [1.165, 1.54) is 5.56 Å². The van der Waals surface area contributed by atoms with E-state index in [0.29, 0.717) is 0 Å². The van der Waals surface area contributed by atoms with Gasteiger partial charge in [-0.25, -0.2) is 0 Å². The number of ether oxygens (including phenoxy) is 1. The molecule has 0 aliphatic rings. The molecule has 0 spiro atoms. The van der Waals surface area contributed by atoms with Crippen LogP contribution in [0.5, 0.6) is 5.75 Å². The standard InChI is InChI=1S/C17H22N2O2/c1-3-10-18-17(13-19-11-8-15(20)9-12-19)14-4-6-16(21-2)7-5-14/h4-9,11-12,17-18H,3,10,13H2,1-2H3. The van der Waals surface area contributed by atoms with Crippen molar-refractivity contribution in [3.8, 4) is 5.75 Å². The van der Waals surface area contributed by atoms with Crippen LogP contribution in [0.1, 0.15) is 24.9 Å². The van der Waals surface area contributed by atoms with Gasteiger partial charge >= 0.3 is 0 Å². The van der Waals surface area contributed by atoms with Gasteiger partial charge in [-0.05, 0) is 30.7 Å². The molecule has 1 atom stereocenters. The van der Waals surface area contributed by atoms with Crippen LogP contribution < -0.4 is 15.5 Å². The summed E-state index contributed by atoms with van der Waals surface area (Å²) in [5, 5.41) is 3.55. The Hall–Kier alpha value is -2.07. The first kappa shape index (κ1) is 15.3. The number of hydrogen-bond donors (Lipinski definition) is 1. The molecule has 0 aliphatic carbocycles. The molecule has 0 saturated heterocycles. The normalized spacial score (nSPS) is 12.1. The van der Waals surface area contributed by atoms with Gasteiger partial charge < -0.3 is 14.6 Å². The molecule has 1 aromatic carbocycles. The fourth-order valence-corrected chi connectivity index (χ4v) is 2.22. The van der Waals surface area contributed by atoms with Crippen molar-refractivity contribution < 1.29 is 4.74 Å². The van der Waals surface area contributed by atoms with E-state index in [1.54, 1.807) is 19.2 Å². The topological polar surface area (TPSA) is 43.3 Å². The summed E-state index contributed by atoms with van der Waals surface area (Å²) in [5.74, 6) is 0.858. The zero-order valence-electron chi connectivity index (χ0n) is 12.6. The lowest BCUT2D eigenvalue weighted by Crippen LogP contribution is -2.26. The summed E-state index contributed by atoms with van der Waals surface area (Å²) in [4.78, 5) is 11.2. The average Bonchev–Trinajstić information content (AvgIpc) is 2.53. The van der Waals surface area contributed by atoms with Gasteiger partial charge in [0, 0.05) is 31.1 Å². The first-order chi connectivity index (χ1) is 10.2. The van der Waals surface area contributed by atoms with Crippen molar-refractivity contribution in [3.05, 3.63) is 64.6 Å². The van der Waals surface area contributed by atoms with Gasteiger partial charge in [0.15, 0.2) is 5.43 Å². The lowest BCUT2D eigenvalue weighted by molar-refractivity contribution is 0.413. The molecule has 1 unspecified atom stereocenters. The van der Waals surface area contributed by atoms with E-state index in [0.717, 1.165) is 25.3 Å². The molecule has 21 heavy (non-hydrogen) atoms. The van der Waals surface area contributed by atoms with Crippen molar-refractivity contribution in [2.24, 2.45) is 0 Å². The van der Waals surface area contributed by atoms with Gasteiger partial charge in [-0.3, -0.25) is 4.79 Å². The molecular formula is C17H22N2O2. The van der Waals surface area contributed by atoms with Gasteiger partial charge in [-0.2, -0.15) is 0 Å². The van der Waals surface area contributed by atoms with E-state index in [2.05, 4.69) is 24.4 Å². The molecular weight excluding hydrogens is 264 g/mol. The molecule has 0 amide bonds. The van der Waals surface area contributed by atoms with Crippen LogP contribution in [-0.2, 0) is 6.54 Å². The maximum Gasteiger partial charge on any atom is 0.181 e. The van der Waals surface area contributed by atoms with Crippen molar-refractivity contribution in [1.82, 2.24) is 9.88 Å². The summed E-state index contributed by atoms with van der Waals surface area (Å²) >= 11 is 0. The summed E-state index contributed by atoms with van der Waals surface area (Å²) in [6.07, 6.45) is 4.73. The van der Waals surface area contributed by atoms with E-state index in [-0.39, 0.29) is 11.5 Å². The minimum Gasteiger partial charge on any atom is -0.497 e. The Morgan fingerprint density at radius 1 is 1.14 bits per heavy atom. The average molecular weight is 286 g/mol. The number of nitrogens with zero attached hydrogens (tertiary/aromatic N) is 1. The maximum atomic E-state index is 11.2. The van der Waals surface area contributed by atoms with Crippen LogP contribution in [0.15, 0.2) is 53.6 Å². The second-order valence-corrected chi connectivity index (χ2v) is 5.01. The minimum absolute atomic E-state index is 0.0359. The number of nitrogens with one attached hydrogen (secondary N) is 1. The van der Waals surface area contributed by atoms with E-state index in [9.17, 15) is 4.79 Å². The lowest BCUT2D eigenvalue weighted by atomic mass is 10.1. The van der Waals surface area contributed by atoms with E-state index in [4.69, 9.17) is 4.74 Å². The molecule has 112 valence electrons. The highest BCUT2D eigenvalue weighted by molar-refractivity contribution is 5.29. The fourth-order valence-electron chi connectivity index (χ4n) is 2.22. The Labute approximate surface area is 125 Å². The van der Waals surface area contributed by atoms with Gasteiger partial charge in [0.25, 0.3) is 0 Å². The summed E-state index contributed by atoms with van der Waals surface area (Å²) in [7, 11) is 1.67. The number of benzene rings is 1. The smallest absolute Gasteiger partial charge is 0.181 e. The molecule has 0 bridgehead atoms. The number of pyridine rings is 1. The molecule has 2 rings (SSSR count). The van der Waals surface area contributed by atoms with Crippen molar-refractivity contribution >= 4 is 0 Å². The van der Waals surface area contributed by atoms with E-state index in [1.807, 2.05) is 29.1 Å². The number of hydrogen-bond acceptors (Lipinski definition) is 3. The first-order valence-corrected chi connectivity index (χ1v) is 7.26. The van der Waals surface area contributed by atoms with Crippen molar-refractivity contribution in [2.45, 2.75) is 25.9 Å².